The second-order valence-corrected chi connectivity index (χ2v) is 11.8. The molecule has 1 fully saturated rings. The number of rotatable bonds is 6. The van der Waals surface area contributed by atoms with Crippen molar-refractivity contribution >= 4 is 23.3 Å². The first-order valence-corrected chi connectivity index (χ1v) is 14.0. The number of alkyl carbamates (subject to hydrolysis) is 1. The molecule has 6 heteroatoms. The van der Waals surface area contributed by atoms with Crippen molar-refractivity contribution in [2.45, 2.75) is 83.8 Å². The Morgan fingerprint density at radius 2 is 1.77 bits per heavy atom. The average Bonchev–Trinajstić information content (AvgIpc) is 3.20. The summed E-state index contributed by atoms with van der Waals surface area (Å²) in [6.07, 6.45) is 8.30. The van der Waals surface area contributed by atoms with Crippen molar-refractivity contribution in [1.82, 2.24) is 5.32 Å². The summed E-state index contributed by atoms with van der Waals surface area (Å²) in [5.41, 5.74) is 3.64. The Balaban J connectivity index is 1.48. The minimum absolute atomic E-state index is 0.0448. The number of ketones is 1. The highest BCUT2D eigenvalue weighted by Crippen LogP contribution is 2.31. The molecule has 0 spiro atoms. The summed E-state index contributed by atoms with van der Waals surface area (Å²) in [6.45, 7) is 5.60. The van der Waals surface area contributed by atoms with Gasteiger partial charge in [0.05, 0.1) is 23.0 Å². The van der Waals surface area contributed by atoms with Gasteiger partial charge < -0.3 is 10.1 Å². The van der Waals surface area contributed by atoms with Crippen LogP contribution < -0.4 is 5.32 Å². The Morgan fingerprint density at radius 1 is 1.03 bits per heavy atom. The Labute approximate surface area is 232 Å². The van der Waals surface area contributed by atoms with Crippen molar-refractivity contribution < 1.29 is 14.3 Å². The second kappa shape index (κ2) is 12.9. The zero-order valence-electron chi connectivity index (χ0n) is 23.3. The molecule has 1 aliphatic carbocycles. The van der Waals surface area contributed by atoms with Crippen LogP contribution in [0.4, 0.5) is 4.79 Å². The van der Waals surface area contributed by atoms with Gasteiger partial charge in [-0.1, -0.05) is 55.0 Å². The third-order valence-electron chi connectivity index (χ3n) is 7.36. The van der Waals surface area contributed by atoms with Crippen LogP contribution in [0.25, 0.3) is 5.70 Å². The van der Waals surface area contributed by atoms with Crippen LogP contribution in [0.1, 0.15) is 82.4 Å². The minimum Gasteiger partial charge on any atom is -0.444 e. The Kier molecular flexibility index (Phi) is 9.35. The quantitative estimate of drug-likeness (QED) is 0.410. The first-order valence-electron chi connectivity index (χ1n) is 14.0. The number of allylic oxidation sites excluding steroid dienone is 1. The van der Waals surface area contributed by atoms with Crippen LogP contribution in [0, 0.1) is 23.2 Å². The van der Waals surface area contributed by atoms with E-state index in [0.717, 1.165) is 49.8 Å². The van der Waals surface area contributed by atoms with Gasteiger partial charge in [0, 0.05) is 12.5 Å². The number of carbonyl (C=O) groups excluding carboxylic acids is 2. The number of nitrogens with zero attached hydrogens (tertiary/aromatic N) is 2. The Morgan fingerprint density at radius 3 is 2.46 bits per heavy atom. The number of aliphatic imine (C=N–C) groups is 1. The fourth-order valence-corrected chi connectivity index (χ4v) is 5.44. The van der Waals surface area contributed by atoms with Gasteiger partial charge in [-0.05, 0) is 94.4 Å². The summed E-state index contributed by atoms with van der Waals surface area (Å²) >= 11 is 0. The molecule has 1 N–H and O–H groups in total. The highest BCUT2D eigenvalue weighted by Gasteiger charge is 2.28. The molecule has 2 aromatic carbocycles. The molecule has 1 aliphatic heterocycles. The Hall–Kier alpha value is -3.72. The van der Waals surface area contributed by atoms with Gasteiger partial charge in [0.2, 0.25) is 0 Å². The number of nitrogens with one attached hydrogen (secondary N) is 1. The zero-order chi connectivity index (χ0) is 27.8. The number of ether oxygens (including phenoxy) is 1. The van der Waals surface area contributed by atoms with Crippen molar-refractivity contribution in [2.24, 2.45) is 16.8 Å². The van der Waals surface area contributed by atoms with E-state index in [1.165, 1.54) is 5.56 Å². The molecule has 1 amide bonds. The molecular formula is C33H39N3O3. The van der Waals surface area contributed by atoms with Crippen molar-refractivity contribution in [2.75, 3.05) is 0 Å². The number of carbonyl (C=O) groups is 2. The maximum absolute atomic E-state index is 13.5. The van der Waals surface area contributed by atoms with Gasteiger partial charge in [-0.2, -0.15) is 5.26 Å². The van der Waals surface area contributed by atoms with E-state index in [1.807, 2.05) is 51.1 Å². The topological polar surface area (TPSA) is 91.5 Å². The first-order chi connectivity index (χ1) is 18.7. The molecule has 0 radical (unpaired) electrons. The third kappa shape index (κ3) is 8.64. The summed E-state index contributed by atoms with van der Waals surface area (Å²) < 4.78 is 5.44. The van der Waals surface area contributed by atoms with Crippen molar-refractivity contribution in [3.05, 3.63) is 77.4 Å². The van der Waals surface area contributed by atoms with Crippen molar-refractivity contribution in [3.63, 3.8) is 0 Å². The van der Waals surface area contributed by atoms with Crippen LogP contribution >= 0.6 is 0 Å². The standard InChI is InChI=1S/C33H39N3O3/c1-33(2,3)39-32(38)35-28-11-7-10-24(14-17-28)19-30-31(37)21-26(18-23-8-5-4-6-9-23)20-29(36-30)27-15-12-25(22-34)13-16-27/h4-6,8-9,12-13,15-16,20,24,26,28H,7,10-11,14,17-19,21H2,1-3H3,(H,35,38). The lowest BCUT2D eigenvalue weighted by molar-refractivity contribution is -0.113. The van der Waals surface area contributed by atoms with E-state index in [-0.39, 0.29) is 23.8 Å². The monoisotopic (exact) mass is 525 g/mol. The summed E-state index contributed by atoms with van der Waals surface area (Å²) in [4.78, 5) is 30.7. The van der Waals surface area contributed by atoms with Crippen LogP contribution in [0.3, 0.4) is 0 Å². The lowest BCUT2D eigenvalue weighted by atomic mass is 9.89. The zero-order valence-corrected chi connectivity index (χ0v) is 23.3. The highest BCUT2D eigenvalue weighted by molar-refractivity contribution is 6.41. The van der Waals surface area contributed by atoms with Crippen LogP contribution in [-0.4, -0.2) is 29.2 Å². The smallest absolute Gasteiger partial charge is 0.407 e. The van der Waals surface area contributed by atoms with Crippen molar-refractivity contribution in [3.8, 4) is 6.07 Å². The molecule has 39 heavy (non-hydrogen) atoms. The predicted octanol–water partition coefficient (Wildman–Crippen LogP) is 7.04. The van der Waals surface area contributed by atoms with Gasteiger partial charge in [-0.25, -0.2) is 9.79 Å². The van der Waals surface area contributed by atoms with E-state index >= 15 is 0 Å². The predicted molar refractivity (Wildman–Crippen MR) is 154 cm³/mol. The normalized spacial score (nSPS) is 22.0. The SMILES string of the molecule is CC(C)(C)OC(=O)NC1CCCC(CC2=NC(c3ccc(C#N)cc3)=CC(Cc3ccccc3)CC2=O)CC1. The van der Waals surface area contributed by atoms with Gasteiger partial charge in [0.15, 0.2) is 5.78 Å². The summed E-state index contributed by atoms with van der Waals surface area (Å²) in [6, 6.07) is 19.9. The van der Waals surface area contributed by atoms with Gasteiger partial charge in [0.1, 0.15) is 5.60 Å². The number of benzene rings is 2. The van der Waals surface area contributed by atoms with E-state index in [1.54, 1.807) is 12.1 Å². The lowest BCUT2D eigenvalue weighted by Crippen LogP contribution is -2.38. The van der Waals surface area contributed by atoms with E-state index in [9.17, 15) is 14.9 Å². The van der Waals surface area contributed by atoms with Crippen LogP contribution in [-0.2, 0) is 16.0 Å². The van der Waals surface area contributed by atoms with Crippen LogP contribution in [0.2, 0.25) is 0 Å². The Bertz CT molecular complexity index is 1250. The molecule has 1 heterocycles. The number of nitriles is 1. The number of hydrogen-bond donors (Lipinski definition) is 1. The van der Waals surface area contributed by atoms with Gasteiger partial charge in [-0.15, -0.1) is 0 Å². The van der Waals surface area contributed by atoms with Crippen LogP contribution in [0.5, 0.6) is 0 Å². The molecule has 2 aromatic rings. The molecule has 204 valence electrons. The van der Waals surface area contributed by atoms with Gasteiger partial charge in [-0.3, -0.25) is 4.79 Å². The molecule has 6 nitrogen and oxygen atoms in total. The van der Waals surface area contributed by atoms with E-state index in [2.05, 4.69) is 29.6 Å². The average molecular weight is 526 g/mol. The highest BCUT2D eigenvalue weighted by atomic mass is 16.6. The molecule has 3 atom stereocenters. The molecule has 2 aliphatic rings. The molecule has 3 unspecified atom stereocenters. The summed E-state index contributed by atoms with van der Waals surface area (Å²) in [7, 11) is 0. The van der Waals surface area contributed by atoms with Gasteiger partial charge in [0.25, 0.3) is 0 Å². The molecule has 1 saturated carbocycles. The van der Waals surface area contributed by atoms with E-state index < -0.39 is 5.60 Å². The van der Waals surface area contributed by atoms with Gasteiger partial charge >= 0.3 is 6.09 Å². The lowest BCUT2D eigenvalue weighted by Gasteiger charge is -2.23. The van der Waals surface area contributed by atoms with E-state index in [4.69, 9.17) is 9.73 Å². The minimum atomic E-state index is -0.520. The third-order valence-corrected chi connectivity index (χ3v) is 7.36. The van der Waals surface area contributed by atoms with Crippen molar-refractivity contribution in [1.29, 1.82) is 5.26 Å². The number of Topliss-reactive ketones (excluding diaryl/α,β-unsaturated/α-hetero) is 1. The summed E-state index contributed by atoms with van der Waals surface area (Å²) in [5.74, 6) is 0.498. The second-order valence-electron chi connectivity index (χ2n) is 11.8. The molecule has 0 saturated heterocycles. The summed E-state index contributed by atoms with van der Waals surface area (Å²) in [5, 5.41) is 12.3. The molecule has 4 rings (SSSR count). The maximum Gasteiger partial charge on any atom is 0.407 e. The first kappa shape index (κ1) is 28.3. The number of hydrogen-bond acceptors (Lipinski definition) is 5. The fourth-order valence-electron chi connectivity index (χ4n) is 5.44. The van der Waals surface area contributed by atoms with E-state index in [0.29, 0.717) is 30.0 Å². The van der Waals surface area contributed by atoms with Crippen LogP contribution in [0.15, 0.2) is 65.7 Å². The fraction of sp³-hybridized carbons (Fsp3) is 0.455. The number of amides is 1. The maximum atomic E-state index is 13.5. The molecule has 0 bridgehead atoms. The molecular weight excluding hydrogens is 486 g/mol. The molecule has 0 aromatic heterocycles. The largest absolute Gasteiger partial charge is 0.444 e.